The van der Waals surface area contributed by atoms with Gasteiger partial charge in [-0.15, -0.1) is 0 Å². The lowest BCUT2D eigenvalue weighted by molar-refractivity contribution is -0.161. The number of aryl methyl sites for hydroxylation is 3. The Labute approximate surface area is 161 Å². The molecule has 0 unspecified atom stereocenters. The number of hydrogen-bond acceptors (Lipinski definition) is 4. The van der Waals surface area contributed by atoms with Crippen molar-refractivity contribution < 1.29 is 19.4 Å². The minimum absolute atomic E-state index is 0.0796. The first-order chi connectivity index (χ1) is 12.7. The second-order valence-corrected chi connectivity index (χ2v) is 8.88. The lowest BCUT2D eigenvalue weighted by Gasteiger charge is -2.25. The van der Waals surface area contributed by atoms with Crippen LogP contribution in [0.3, 0.4) is 0 Å². The van der Waals surface area contributed by atoms with Gasteiger partial charge in [-0.05, 0) is 63.1 Å². The second-order valence-electron chi connectivity index (χ2n) is 8.88. The van der Waals surface area contributed by atoms with E-state index in [2.05, 4.69) is 32.9 Å². The number of rotatable bonds is 3. The van der Waals surface area contributed by atoms with E-state index >= 15 is 0 Å². The highest BCUT2D eigenvalue weighted by atomic mass is 16.8. The van der Waals surface area contributed by atoms with Gasteiger partial charge in [0, 0.05) is 11.8 Å². The first-order valence-corrected chi connectivity index (χ1v) is 10.1. The number of aliphatic hydroxyl groups is 1. The van der Waals surface area contributed by atoms with Gasteiger partial charge in [-0.25, -0.2) is 0 Å². The molecule has 0 amide bonds. The minimum Gasteiger partial charge on any atom is -0.511 e. The fourth-order valence-electron chi connectivity index (χ4n) is 5.39. The molecule has 1 aromatic rings. The van der Waals surface area contributed by atoms with Crippen molar-refractivity contribution in [2.24, 2.45) is 11.8 Å². The van der Waals surface area contributed by atoms with Crippen LogP contribution in [0.4, 0.5) is 0 Å². The van der Waals surface area contributed by atoms with E-state index < -0.39 is 11.4 Å². The molecule has 4 heteroatoms. The Morgan fingerprint density at radius 1 is 1.11 bits per heavy atom. The summed E-state index contributed by atoms with van der Waals surface area (Å²) < 4.78 is 11.9. The monoisotopic (exact) mass is 370 g/mol. The van der Waals surface area contributed by atoms with Crippen LogP contribution in [0.1, 0.15) is 62.8 Å². The van der Waals surface area contributed by atoms with Gasteiger partial charge in [-0.1, -0.05) is 31.5 Å². The molecule has 1 heterocycles. The summed E-state index contributed by atoms with van der Waals surface area (Å²) in [7, 11) is 0. The fourth-order valence-corrected chi connectivity index (χ4v) is 5.39. The van der Waals surface area contributed by atoms with Crippen molar-refractivity contribution >= 4 is 11.4 Å². The number of allylic oxidation sites excluding steroid dienone is 2. The van der Waals surface area contributed by atoms with E-state index in [4.69, 9.17) is 9.47 Å². The van der Waals surface area contributed by atoms with Gasteiger partial charge >= 0.3 is 0 Å². The van der Waals surface area contributed by atoms with Gasteiger partial charge in [0.2, 0.25) is 0 Å². The summed E-state index contributed by atoms with van der Waals surface area (Å²) in [5.41, 5.74) is 4.60. The minimum atomic E-state index is -0.619. The molecule has 27 heavy (non-hydrogen) atoms. The van der Waals surface area contributed by atoms with Crippen molar-refractivity contribution in [3.8, 4) is 0 Å². The van der Waals surface area contributed by atoms with Crippen LogP contribution < -0.4 is 0 Å². The Balaban J connectivity index is 1.76. The molecule has 4 nitrogen and oxygen atoms in total. The van der Waals surface area contributed by atoms with Gasteiger partial charge < -0.3 is 14.6 Å². The SMILES string of the molecule is CCc1cc(C)cc(CC)c1C1=C(O)[C@H]2C[C@]3(COC(C)(C)O3)C[C@H]2C1=O. The predicted octanol–water partition coefficient (Wildman–Crippen LogP) is 4.52. The fraction of sp³-hybridized carbons (Fsp3) is 0.609. The largest absolute Gasteiger partial charge is 0.511 e. The number of ether oxygens (including phenoxy) is 2. The standard InChI is InChI=1S/C23H30O4/c1-6-14-8-13(3)9-15(7-2)18(14)19-20(24)16-10-23(11-17(16)21(19)25)12-26-22(4,5)27-23/h8-9,16-17,24H,6-7,10-12H2,1-5H3/t16-,17+,23+/m0/s1. The summed E-state index contributed by atoms with van der Waals surface area (Å²) in [6.07, 6.45) is 2.97. The van der Waals surface area contributed by atoms with Crippen LogP contribution in [-0.2, 0) is 27.1 Å². The van der Waals surface area contributed by atoms with Crippen molar-refractivity contribution in [2.75, 3.05) is 6.61 Å². The smallest absolute Gasteiger partial charge is 0.170 e. The molecule has 0 aromatic heterocycles. The maximum Gasteiger partial charge on any atom is 0.170 e. The summed E-state index contributed by atoms with van der Waals surface area (Å²) in [6.45, 7) is 10.6. The molecule has 1 aliphatic heterocycles. The van der Waals surface area contributed by atoms with Gasteiger partial charge in [0.15, 0.2) is 11.6 Å². The Morgan fingerprint density at radius 3 is 2.19 bits per heavy atom. The molecule has 1 saturated heterocycles. The molecule has 146 valence electrons. The number of carbonyl (C=O) groups is 1. The van der Waals surface area contributed by atoms with E-state index in [0.717, 1.165) is 29.5 Å². The van der Waals surface area contributed by atoms with Gasteiger partial charge in [-0.3, -0.25) is 4.79 Å². The quantitative estimate of drug-likeness (QED) is 0.850. The third-order valence-electron chi connectivity index (χ3n) is 6.46. The molecular weight excluding hydrogens is 340 g/mol. The van der Waals surface area contributed by atoms with E-state index in [1.54, 1.807) is 0 Å². The summed E-state index contributed by atoms with van der Waals surface area (Å²) in [5, 5.41) is 11.1. The summed E-state index contributed by atoms with van der Waals surface area (Å²) in [6, 6.07) is 4.29. The topological polar surface area (TPSA) is 55.8 Å². The van der Waals surface area contributed by atoms with Crippen LogP contribution in [0.2, 0.25) is 0 Å². The number of benzene rings is 1. The highest BCUT2D eigenvalue weighted by Gasteiger charge is 2.59. The van der Waals surface area contributed by atoms with Crippen LogP contribution in [0.15, 0.2) is 17.9 Å². The Morgan fingerprint density at radius 2 is 1.70 bits per heavy atom. The average Bonchev–Trinajstić information content (AvgIpc) is 3.20. The van der Waals surface area contributed by atoms with Crippen LogP contribution in [0.25, 0.3) is 5.57 Å². The van der Waals surface area contributed by atoms with Crippen LogP contribution in [0, 0.1) is 18.8 Å². The van der Waals surface area contributed by atoms with Crippen molar-refractivity contribution in [2.45, 2.75) is 71.7 Å². The van der Waals surface area contributed by atoms with E-state index in [0.29, 0.717) is 25.0 Å². The Hall–Kier alpha value is -1.65. The first kappa shape index (κ1) is 18.7. The van der Waals surface area contributed by atoms with Gasteiger partial charge in [-0.2, -0.15) is 0 Å². The zero-order valence-electron chi connectivity index (χ0n) is 17.0. The summed E-state index contributed by atoms with van der Waals surface area (Å²) in [5.74, 6) is -0.626. The van der Waals surface area contributed by atoms with Gasteiger partial charge in [0.05, 0.1) is 17.8 Å². The van der Waals surface area contributed by atoms with E-state index in [1.807, 2.05) is 13.8 Å². The van der Waals surface area contributed by atoms with Crippen LogP contribution in [0.5, 0.6) is 0 Å². The number of hydrogen-bond donors (Lipinski definition) is 1. The number of ketones is 1. The Bertz CT molecular complexity index is 810. The summed E-state index contributed by atoms with van der Waals surface area (Å²) >= 11 is 0. The molecule has 1 aromatic carbocycles. The maximum atomic E-state index is 13.4. The predicted molar refractivity (Wildman–Crippen MR) is 105 cm³/mol. The molecule has 0 radical (unpaired) electrons. The number of carbonyl (C=O) groups excluding carboxylic acids is 1. The maximum absolute atomic E-state index is 13.4. The zero-order chi connectivity index (χ0) is 19.6. The van der Waals surface area contributed by atoms with E-state index in [-0.39, 0.29) is 23.4 Å². The highest BCUT2D eigenvalue weighted by Crippen LogP contribution is 2.55. The van der Waals surface area contributed by atoms with Crippen molar-refractivity contribution in [1.29, 1.82) is 0 Å². The highest BCUT2D eigenvalue weighted by molar-refractivity contribution is 6.25. The zero-order valence-corrected chi connectivity index (χ0v) is 17.0. The lowest BCUT2D eigenvalue weighted by atomic mass is 9.86. The Kier molecular flexibility index (Phi) is 4.28. The normalized spacial score (nSPS) is 32.0. The number of Topliss-reactive ketones (excluding diaryl/α,β-unsaturated/α-hetero) is 1. The molecule has 1 spiro atoms. The number of aliphatic hydroxyl groups excluding tert-OH is 1. The van der Waals surface area contributed by atoms with Crippen molar-refractivity contribution in [3.05, 3.63) is 40.1 Å². The first-order valence-electron chi connectivity index (χ1n) is 10.1. The molecule has 4 rings (SSSR count). The number of fused-ring (bicyclic) bond motifs is 1. The lowest BCUT2D eigenvalue weighted by Crippen LogP contribution is -2.32. The van der Waals surface area contributed by atoms with Gasteiger partial charge in [0.1, 0.15) is 5.76 Å². The molecule has 1 saturated carbocycles. The molecular formula is C23H30O4. The molecule has 2 aliphatic carbocycles. The molecule has 2 fully saturated rings. The average molecular weight is 370 g/mol. The second kappa shape index (κ2) is 6.18. The van der Waals surface area contributed by atoms with Gasteiger partial charge in [0.25, 0.3) is 0 Å². The summed E-state index contributed by atoms with van der Waals surface area (Å²) in [4.78, 5) is 13.4. The van der Waals surface area contributed by atoms with Crippen molar-refractivity contribution in [1.82, 2.24) is 0 Å². The van der Waals surface area contributed by atoms with E-state index in [1.165, 1.54) is 5.56 Å². The van der Waals surface area contributed by atoms with E-state index in [9.17, 15) is 9.90 Å². The molecule has 0 bridgehead atoms. The molecule has 3 atom stereocenters. The third kappa shape index (κ3) is 2.85. The van der Waals surface area contributed by atoms with Crippen LogP contribution in [-0.4, -0.2) is 28.9 Å². The molecule has 3 aliphatic rings. The van der Waals surface area contributed by atoms with Crippen molar-refractivity contribution in [3.63, 3.8) is 0 Å². The van der Waals surface area contributed by atoms with Crippen LogP contribution >= 0.6 is 0 Å². The molecule has 1 N–H and O–H groups in total. The third-order valence-corrected chi connectivity index (χ3v) is 6.46.